The Kier molecular flexibility index (Phi) is 11.2. The zero-order valence-electron chi connectivity index (χ0n) is 15.1. The summed E-state index contributed by atoms with van der Waals surface area (Å²) in [6.45, 7) is 9.15. The van der Waals surface area contributed by atoms with Crippen molar-refractivity contribution >= 4 is 0 Å². The summed E-state index contributed by atoms with van der Waals surface area (Å²) in [7, 11) is 0. The van der Waals surface area contributed by atoms with E-state index in [-0.39, 0.29) is 0 Å². The van der Waals surface area contributed by atoms with Crippen LogP contribution in [0.15, 0.2) is 0 Å². The van der Waals surface area contributed by atoms with Crippen LogP contribution >= 0.6 is 0 Å². The average Bonchev–Trinajstić information content (AvgIpc) is 2.35. The normalized spacial score (nSPS) is 20.1. The average molecular weight is 335 g/mol. The van der Waals surface area contributed by atoms with Crippen molar-refractivity contribution in [2.24, 2.45) is 5.73 Å². The molecular formula is C16H37N3O4. The molecule has 0 fully saturated rings. The van der Waals surface area contributed by atoms with Crippen molar-refractivity contribution in [3.63, 3.8) is 0 Å². The first-order valence-electron chi connectivity index (χ1n) is 8.51. The minimum absolute atomic E-state index is 0.356. The maximum atomic E-state index is 9.99. The first-order chi connectivity index (χ1) is 10.6. The van der Waals surface area contributed by atoms with E-state index < -0.39 is 30.0 Å². The first-order valence-corrected chi connectivity index (χ1v) is 8.51. The second kappa shape index (κ2) is 11.3. The molecule has 4 unspecified atom stereocenters. The van der Waals surface area contributed by atoms with Crippen LogP contribution in [0.4, 0.5) is 0 Å². The Morgan fingerprint density at radius 3 is 1.61 bits per heavy atom. The predicted molar refractivity (Wildman–Crippen MR) is 92.2 cm³/mol. The number of β-amino-alcohol motifs (C(OH)–C–C–N with tert-alkyl or cyclic N) is 2. The number of hydrogen-bond acceptors (Lipinski definition) is 7. The number of hydrogen-bond donors (Lipinski definition) is 6. The molecule has 0 amide bonds. The van der Waals surface area contributed by atoms with E-state index in [4.69, 9.17) is 5.73 Å². The highest BCUT2D eigenvalue weighted by atomic mass is 16.3. The Bertz CT molecular complexity index is 279. The summed E-state index contributed by atoms with van der Waals surface area (Å²) >= 11 is 0. The smallest absolute Gasteiger partial charge is 0.0639 e. The van der Waals surface area contributed by atoms with Gasteiger partial charge in [0.25, 0.3) is 0 Å². The molecule has 0 aromatic carbocycles. The fourth-order valence-electron chi connectivity index (χ4n) is 3.22. The van der Waals surface area contributed by atoms with Crippen LogP contribution in [0.5, 0.6) is 0 Å². The molecule has 7 N–H and O–H groups in total. The Labute approximate surface area is 140 Å². The fourth-order valence-corrected chi connectivity index (χ4v) is 3.22. The molecule has 0 bridgehead atoms. The van der Waals surface area contributed by atoms with Crippen molar-refractivity contribution in [1.29, 1.82) is 0 Å². The van der Waals surface area contributed by atoms with Crippen LogP contribution in [0.25, 0.3) is 0 Å². The summed E-state index contributed by atoms with van der Waals surface area (Å²) in [6, 6.07) is 0. The molecule has 0 heterocycles. The van der Waals surface area contributed by atoms with Crippen LogP contribution in [-0.4, -0.2) is 88.0 Å². The SMILES string of the molecule is CC(O)CN(CC(C)O)C(CNCCN)(CC(C)O)CC(C)O. The highest BCUT2D eigenvalue weighted by molar-refractivity contribution is 4.96. The predicted octanol–water partition coefficient (Wildman–Crippen LogP) is -1.12. The fraction of sp³-hybridized carbons (Fsp3) is 1.00. The summed E-state index contributed by atoms with van der Waals surface area (Å²) in [5, 5.41) is 42.9. The summed E-state index contributed by atoms with van der Waals surface area (Å²) < 4.78 is 0. The van der Waals surface area contributed by atoms with Gasteiger partial charge in [-0.15, -0.1) is 0 Å². The molecule has 0 aliphatic heterocycles. The van der Waals surface area contributed by atoms with Gasteiger partial charge in [-0.25, -0.2) is 0 Å². The van der Waals surface area contributed by atoms with Gasteiger partial charge in [0.1, 0.15) is 0 Å². The lowest BCUT2D eigenvalue weighted by atomic mass is 9.83. The summed E-state index contributed by atoms with van der Waals surface area (Å²) in [6.07, 6.45) is -1.45. The summed E-state index contributed by atoms with van der Waals surface area (Å²) in [5.74, 6) is 0. The molecule has 4 atom stereocenters. The number of nitrogens with zero attached hydrogens (tertiary/aromatic N) is 1. The van der Waals surface area contributed by atoms with Crippen LogP contribution < -0.4 is 11.1 Å². The van der Waals surface area contributed by atoms with Crippen molar-refractivity contribution in [2.45, 2.75) is 70.5 Å². The number of nitrogens with two attached hydrogens (primary N) is 1. The van der Waals surface area contributed by atoms with Gasteiger partial charge in [0, 0.05) is 38.3 Å². The van der Waals surface area contributed by atoms with Gasteiger partial charge in [0.15, 0.2) is 0 Å². The number of aliphatic hydroxyl groups is 4. The zero-order valence-corrected chi connectivity index (χ0v) is 15.1. The minimum Gasteiger partial charge on any atom is -0.393 e. The van der Waals surface area contributed by atoms with E-state index in [0.29, 0.717) is 45.6 Å². The van der Waals surface area contributed by atoms with Gasteiger partial charge < -0.3 is 31.5 Å². The maximum Gasteiger partial charge on any atom is 0.0639 e. The molecule has 7 heteroatoms. The molecule has 7 nitrogen and oxygen atoms in total. The van der Waals surface area contributed by atoms with E-state index in [9.17, 15) is 20.4 Å². The molecule has 0 aromatic rings. The van der Waals surface area contributed by atoms with Gasteiger partial charge in [-0.3, -0.25) is 4.90 Å². The lowest BCUT2D eigenvalue weighted by Gasteiger charge is -2.47. The lowest BCUT2D eigenvalue weighted by molar-refractivity contribution is -0.0376. The second-order valence-corrected chi connectivity index (χ2v) is 6.90. The molecule has 0 aromatic heterocycles. The van der Waals surface area contributed by atoms with Crippen molar-refractivity contribution in [2.75, 3.05) is 32.7 Å². The van der Waals surface area contributed by atoms with Crippen LogP contribution in [-0.2, 0) is 0 Å². The number of nitrogens with one attached hydrogen (secondary N) is 1. The van der Waals surface area contributed by atoms with Crippen LogP contribution in [0.1, 0.15) is 40.5 Å². The molecule has 0 spiro atoms. The monoisotopic (exact) mass is 335 g/mol. The van der Waals surface area contributed by atoms with E-state index in [2.05, 4.69) is 5.32 Å². The van der Waals surface area contributed by atoms with Crippen molar-refractivity contribution in [3.8, 4) is 0 Å². The third-order valence-corrected chi connectivity index (χ3v) is 3.77. The van der Waals surface area contributed by atoms with Gasteiger partial charge in [-0.05, 0) is 40.5 Å². The largest absolute Gasteiger partial charge is 0.393 e. The molecule has 0 rings (SSSR count). The third-order valence-electron chi connectivity index (χ3n) is 3.77. The highest BCUT2D eigenvalue weighted by Gasteiger charge is 2.39. The quantitative estimate of drug-likeness (QED) is 0.236. The van der Waals surface area contributed by atoms with Gasteiger partial charge in [0.2, 0.25) is 0 Å². The third kappa shape index (κ3) is 9.56. The van der Waals surface area contributed by atoms with E-state index >= 15 is 0 Å². The summed E-state index contributed by atoms with van der Waals surface area (Å²) in [4.78, 5) is 1.98. The van der Waals surface area contributed by atoms with Crippen LogP contribution in [0.2, 0.25) is 0 Å². The number of rotatable bonds is 13. The van der Waals surface area contributed by atoms with Crippen LogP contribution in [0, 0.1) is 0 Å². The number of aliphatic hydroxyl groups excluding tert-OH is 4. The van der Waals surface area contributed by atoms with Crippen LogP contribution in [0.3, 0.4) is 0 Å². The van der Waals surface area contributed by atoms with Gasteiger partial charge in [-0.2, -0.15) is 0 Å². The zero-order chi connectivity index (χ0) is 18.0. The minimum atomic E-state index is -0.578. The molecule has 23 heavy (non-hydrogen) atoms. The Hall–Kier alpha value is -0.280. The van der Waals surface area contributed by atoms with Gasteiger partial charge >= 0.3 is 0 Å². The Morgan fingerprint density at radius 2 is 1.30 bits per heavy atom. The highest BCUT2D eigenvalue weighted by Crippen LogP contribution is 2.28. The first kappa shape index (κ1) is 22.7. The molecule has 140 valence electrons. The topological polar surface area (TPSA) is 122 Å². The van der Waals surface area contributed by atoms with Crippen molar-refractivity contribution in [3.05, 3.63) is 0 Å². The molecule has 0 saturated carbocycles. The van der Waals surface area contributed by atoms with E-state index in [1.165, 1.54) is 0 Å². The molecule has 0 aliphatic rings. The lowest BCUT2D eigenvalue weighted by Crippen LogP contribution is -2.60. The standard InChI is InChI=1S/C16H37N3O4/c1-12(20)7-16(8-13(2)21,11-18-6-5-17)19(9-14(3)22)10-15(4)23/h12-15,18,20-23H,5-11,17H2,1-4H3. The molecule has 0 saturated heterocycles. The Balaban J connectivity index is 5.53. The van der Waals surface area contributed by atoms with E-state index in [1.807, 2.05) is 4.90 Å². The maximum absolute atomic E-state index is 9.99. The molecular weight excluding hydrogens is 298 g/mol. The van der Waals surface area contributed by atoms with Crippen molar-refractivity contribution < 1.29 is 20.4 Å². The molecule has 0 radical (unpaired) electrons. The Morgan fingerprint density at radius 1 is 0.870 bits per heavy atom. The second-order valence-electron chi connectivity index (χ2n) is 6.90. The van der Waals surface area contributed by atoms with Gasteiger partial charge in [-0.1, -0.05) is 0 Å². The van der Waals surface area contributed by atoms with E-state index in [1.54, 1.807) is 27.7 Å². The summed E-state index contributed by atoms with van der Waals surface area (Å²) in [5.41, 5.74) is 4.97. The van der Waals surface area contributed by atoms with Gasteiger partial charge in [0.05, 0.1) is 24.4 Å². The molecule has 0 aliphatic carbocycles. The van der Waals surface area contributed by atoms with E-state index in [0.717, 1.165) is 0 Å². The van der Waals surface area contributed by atoms with Crippen molar-refractivity contribution in [1.82, 2.24) is 10.2 Å².